The number of hydrogen-bond acceptors (Lipinski definition) is 7. The van der Waals surface area contributed by atoms with E-state index in [1.54, 1.807) is 13.8 Å². The van der Waals surface area contributed by atoms with E-state index < -0.39 is 17.9 Å². The summed E-state index contributed by atoms with van der Waals surface area (Å²) in [4.78, 5) is 39.6. The van der Waals surface area contributed by atoms with Crippen molar-refractivity contribution in [2.24, 2.45) is 0 Å². The lowest BCUT2D eigenvalue weighted by molar-refractivity contribution is -0.117. The molecule has 8 nitrogen and oxygen atoms in total. The summed E-state index contributed by atoms with van der Waals surface area (Å²) in [7, 11) is 0. The second kappa shape index (κ2) is 10.4. The number of rotatable bonds is 7. The van der Waals surface area contributed by atoms with Gasteiger partial charge in [0.05, 0.1) is 29.2 Å². The summed E-state index contributed by atoms with van der Waals surface area (Å²) in [5.74, 6) is -1.15. The van der Waals surface area contributed by atoms with Crippen LogP contribution in [0.2, 0.25) is 0 Å². The highest BCUT2D eigenvalue weighted by atomic mass is 32.2. The monoisotopic (exact) mass is 378 g/mol. The van der Waals surface area contributed by atoms with Crippen molar-refractivity contribution in [1.82, 2.24) is 15.6 Å². The molecule has 1 heterocycles. The number of urea groups is 1. The Morgan fingerprint density at radius 3 is 2.65 bits per heavy atom. The van der Waals surface area contributed by atoms with E-state index in [-0.39, 0.29) is 29.5 Å². The van der Waals surface area contributed by atoms with E-state index in [2.05, 4.69) is 15.6 Å². The smallest absolute Gasteiger partial charge is 0.340 e. The van der Waals surface area contributed by atoms with Gasteiger partial charge in [0.2, 0.25) is 5.91 Å². The predicted octanol–water partition coefficient (Wildman–Crippen LogP) is 2.15. The standard InChI is InChI=1S/C17H22N4O4S/c1-5-10(3)19-17(24)21-14(22)9-26-15-12(8-18)7-13(11(4)20-15)16(23)25-6-2/h7,10H,5-6,9H2,1-4H3,(H2,19,21,22,24)/t10-/m1/s1. The molecule has 26 heavy (non-hydrogen) atoms. The van der Waals surface area contributed by atoms with Crippen molar-refractivity contribution in [3.8, 4) is 6.07 Å². The minimum absolute atomic E-state index is 0.0413. The van der Waals surface area contributed by atoms with E-state index >= 15 is 0 Å². The lowest BCUT2D eigenvalue weighted by Gasteiger charge is -2.12. The molecule has 0 saturated carbocycles. The van der Waals surface area contributed by atoms with Crippen LogP contribution in [0.4, 0.5) is 4.79 Å². The molecule has 1 aromatic rings. The first-order chi connectivity index (χ1) is 12.3. The maximum atomic E-state index is 11.9. The van der Waals surface area contributed by atoms with E-state index in [0.29, 0.717) is 10.7 Å². The Balaban J connectivity index is 2.77. The lowest BCUT2D eigenvalue weighted by Crippen LogP contribution is -2.43. The van der Waals surface area contributed by atoms with Crippen LogP contribution >= 0.6 is 11.8 Å². The van der Waals surface area contributed by atoms with Gasteiger partial charge in [-0.3, -0.25) is 10.1 Å². The van der Waals surface area contributed by atoms with Gasteiger partial charge in [-0.25, -0.2) is 14.6 Å². The van der Waals surface area contributed by atoms with Gasteiger partial charge in [0.25, 0.3) is 0 Å². The van der Waals surface area contributed by atoms with Gasteiger partial charge < -0.3 is 10.1 Å². The number of pyridine rings is 1. The van der Waals surface area contributed by atoms with Gasteiger partial charge in [-0.05, 0) is 33.3 Å². The normalized spacial score (nSPS) is 11.2. The molecule has 3 amide bonds. The van der Waals surface area contributed by atoms with Crippen LogP contribution in [0.25, 0.3) is 0 Å². The van der Waals surface area contributed by atoms with Crippen LogP contribution in [0.15, 0.2) is 11.1 Å². The molecule has 9 heteroatoms. The number of nitriles is 1. The minimum Gasteiger partial charge on any atom is -0.462 e. The number of hydrogen-bond donors (Lipinski definition) is 2. The van der Waals surface area contributed by atoms with Crippen LogP contribution in [-0.2, 0) is 9.53 Å². The third kappa shape index (κ3) is 6.37. The maximum Gasteiger partial charge on any atom is 0.340 e. The number of ether oxygens (including phenoxy) is 1. The van der Waals surface area contributed by atoms with Crippen LogP contribution < -0.4 is 10.6 Å². The number of carbonyl (C=O) groups is 3. The Kier molecular flexibility index (Phi) is 8.58. The van der Waals surface area contributed by atoms with Crippen molar-refractivity contribution in [3.63, 3.8) is 0 Å². The van der Waals surface area contributed by atoms with Gasteiger partial charge in [0.1, 0.15) is 11.1 Å². The lowest BCUT2D eigenvalue weighted by atomic mass is 10.1. The molecule has 0 spiro atoms. The van der Waals surface area contributed by atoms with Gasteiger partial charge in [0.15, 0.2) is 0 Å². The number of carbonyl (C=O) groups excluding carboxylic acids is 3. The summed E-state index contributed by atoms with van der Waals surface area (Å²) in [5, 5.41) is 14.4. The number of amides is 3. The molecule has 1 atom stereocenters. The molecule has 0 fully saturated rings. The van der Waals surface area contributed by atoms with Crippen molar-refractivity contribution in [2.45, 2.75) is 45.2 Å². The highest BCUT2D eigenvalue weighted by molar-refractivity contribution is 8.00. The van der Waals surface area contributed by atoms with Gasteiger partial charge in [0, 0.05) is 6.04 Å². The molecule has 0 aromatic carbocycles. The number of aromatic nitrogens is 1. The Bertz CT molecular complexity index is 730. The van der Waals surface area contributed by atoms with Crippen LogP contribution in [0.3, 0.4) is 0 Å². The summed E-state index contributed by atoms with van der Waals surface area (Å²) in [6, 6.07) is 2.75. The fourth-order valence-corrected chi connectivity index (χ4v) is 2.65. The average molecular weight is 378 g/mol. The quantitative estimate of drug-likeness (QED) is 0.551. The zero-order valence-electron chi connectivity index (χ0n) is 15.2. The van der Waals surface area contributed by atoms with E-state index in [1.165, 1.54) is 6.07 Å². The average Bonchev–Trinajstić information content (AvgIpc) is 2.59. The van der Waals surface area contributed by atoms with Crippen LogP contribution in [0, 0.1) is 18.3 Å². The summed E-state index contributed by atoms with van der Waals surface area (Å²) in [6.07, 6.45) is 0.748. The fourth-order valence-electron chi connectivity index (χ4n) is 1.85. The summed E-state index contributed by atoms with van der Waals surface area (Å²) >= 11 is 1.02. The second-order valence-corrected chi connectivity index (χ2v) is 6.39. The zero-order valence-corrected chi connectivity index (χ0v) is 16.0. The highest BCUT2D eigenvalue weighted by Gasteiger charge is 2.17. The van der Waals surface area contributed by atoms with Crippen molar-refractivity contribution >= 4 is 29.7 Å². The first-order valence-corrected chi connectivity index (χ1v) is 9.12. The Labute approximate surface area is 156 Å². The van der Waals surface area contributed by atoms with Crippen LogP contribution in [-0.4, -0.2) is 41.3 Å². The molecule has 1 aromatic heterocycles. The summed E-state index contributed by atoms with van der Waals surface area (Å²) in [6.45, 7) is 7.27. The van der Waals surface area contributed by atoms with Gasteiger partial charge in [-0.15, -0.1) is 0 Å². The molecule has 0 saturated heterocycles. The van der Waals surface area contributed by atoms with Crippen molar-refractivity contribution in [2.75, 3.05) is 12.4 Å². The van der Waals surface area contributed by atoms with E-state index in [0.717, 1.165) is 18.2 Å². The first-order valence-electron chi connectivity index (χ1n) is 8.14. The topological polar surface area (TPSA) is 121 Å². The third-order valence-corrected chi connectivity index (χ3v) is 4.37. The molecule has 0 aliphatic carbocycles. The summed E-state index contributed by atoms with van der Waals surface area (Å²) < 4.78 is 4.93. The Morgan fingerprint density at radius 1 is 1.38 bits per heavy atom. The van der Waals surface area contributed by atoms with Crippen molar-refractivity contribution < 1.29 is 19.1 Å². The molecule has 140 valence electrons. The third-order valence-electron chi connectivity index (χ3n) is 3.38. The van der Waals surface area contributed by atoms with Crippen LogP contribution in [0.1, 0.15) is 48.8 Å². The minimum atomic E-state index is -0.563. The van der Waals surface area contributed by atoms with E-state index in [1.807, 2.05) is 19.9 Å². The maximum absolute atomic E-state index is 11.9. The molecular formula is C17H22N4O4S. The molecule has 0 bridgehead atoms. The molecule has 0 unspecified atom stereocenters. The first kappa shape index (κ1) is 21.4. The van der Waals surface area contributed by atoms with E-state index in [4.69, 9.17) is 4.74 Å². The second-order valence-electron chi connectivity index (χ2n) is 5.43. The number of imide groups is 1. The molecular weight excluding hydrogens is 356 g/mol. The Hall–Kier alpha value is -2.60. The predicted molar refractivity (Wildman–Crippen MR) is 96.8 cm³/mol. The number of esters is 1. The van der Waals surface area contributed by atoms with Gasteiger partial charge in [-0.1, -0.05) is 18.7 Å². The van der Waals surface area contributed by atoms with Crippen molar-refractivity contribution in [3.05, 3.63) is 22.9 Å². The molecule has 0 aliphatic rings. The fraction of sp³-hybridized carbons (Fsp3) is 0.471. The van der Waals surface area contributed by atoms with Gasteiger partial charge in [-0.2, -0.15) is 5.26 Å². The molecule has 1 rings (SSSR count). The largest absolute Gasteiger partial charge is 0.462 e. The molecule has 0 aliphatic heterocycles. The van der Waals surface area contributed by atoms with Crippen LogP contribution in [0.5, 0.6) is 0 Å². The van der Waals surface area contributed by atoms with Crippen molar-refractivity contribution in [1.29, 1.82) is 5.26 Å². The summed E-state index contributed by atoms with van der Waals surface area (Å²) in [5.41, 5.74) is 0.783. The highest BCUT2D eigenvalue weighted by Crippen LogP contribution is 2.23. The molecule has 2 N–H and O–H groups in total. The number of nitrogens with one attached hydrogen (secondary N) is 2. The number of aryl methyl sites for hydroxylation is 1. The van der Waals surface area contributed by atoms with E-state index in [9.17, 15) is 19.6 Å². The zero-order chi connectivity index (χ0) is 19.7. The molecule has 0 radical (unpaired) electrons. The number of nitrogens with zero attached hydrogens (tertiary/aromatic N) is 2. The Morgan fingerprint density at radius 2 is 2.08 bits per heavy atom. The van der Waals surface area contributed by atoms with Gasteiger partial charge >= 0.3 is 12.0 Å². The SMILES string of the molecule is CCOC(=O)c1cc(C#N)c(SCC(=O)NC(=O)N[C@H](C)CC)nc1C. The number of thioether (sulfide) groups is 1.